The van der Waals surface area contributed by atoms with Gasteiger partial charge in [0.15, 0.2) is 0 Å². The Morgan fingerprint density at radius 2 is 2.14 bits per heavy atom. The molecule has 0 radical (unpaired) electrons. The van der Waals surface area contributed by atoms with Crippen molar-refractivity contribution in [2.24, 2.45) is 0 Å². The predicted octanol–water partition coefficient (Wildman–Crippen LogP) is 2.92. The second kappa shape index (κ2) is 5.05. The van der Waals surface area contributed by atoms with Gasteiger partial charge in [-0.1, -0.05) is 28.1 Å². The van der Waals surface area contributed by atoms with E-state index in [0.29, 0.717) is 11.8 Å². The largest absolute Gasteiger partial charge is 0.435 e. The van der Waals surface area contributed by atoms with Gasteiger partial charge in [-0.15, -0.1) is 0 Å². The Labute approximate surface area is 88.0 Å². The highest BCUT2D eigenvalue weighted by Crippen LogP contribution is 2.24. The van der Waals surface area contributed by atoms with Crippen LogP contribution in [0.15, 0.2) is 24.3 Å². The van der Waals surface area contributed by atoms with Gasteiger partial charge < -0.3 is 9.53 Å². The lowest BCUT2D eigenvalue weighted by Gasteiger charge is -2.07. The molecule has 0 bridgehead atoms. The molecule has 0 N–H and O–H groups in total. The monoisotopic (exact) mass is 264 g/mol. The van der Waals surface area contributed by atoms with E-state index in [2.05, 4.69) is 20.7 Å². The minimum absolute atomic E-state index is 0.0452. The fourth-order valence-corrected chi connectivity index (χ4v) is 1.23. The first-order valence-electron chi connectivity index (χ1n) is 3.77. The third kappa shape index (κ3) is 3.06. The summed E-state index contributed by atoms with van der Waals surface area (Å²) in [7, 11) is 0. The molecule has 2 nitrogen and oxygen atoms in total. The minimum Gasteiger partial charge on any atom is -0.435 e. The Morgan fingerprint density at radius 1 is 1.43 bits per heavy atom. The fraction of sp³-hybridized carbons (Fsp3) is 0.222. The molecular weight excluding hydrogens is 258 g/mol. The summed E-state index contributed by atoms with van der Waals surface area (Å²) in [6.07, 6.45) is 0.668. The van der Waals surface area contributed by atoms with Crippen molar-refractivity contribution in [3.63, 3.8) is 0 Å². The van der Waals surface area contributed by atoms with Crippen LogP contribution in [0, 0.1) is 0 Å². The van der Waals surface area contributed by atoms with E-state index < -0.39 is 11.4 Å². The average Bonchev–Trinajstić information content (AvgIpc) is 2.16. The molecule has 0 aliphatic rings. The summed E-state index contributed by atoms with van der Waals surface area (Å²) in [5, 5.41) is 0. The van der Waals surface area contributed by atoms with E-state index in [4.69, 9.17) is 0 Å². The lowest BCUT2D eigenvalue weighted by Crippen LogP contribution is -2.02. The molecule has 0 amide bonds. The summed E-state index contributed by atoms with van der Waals surface area (Å²) in [5.74, 6) is 0.0452. The molecule has 1 unspecified atom stereocenters. The zero-order chi connectivity index (χ0) is 10.6. The number of alkyl halides is 3. The van der Waals surface area contributed by atoms with Crippen LogP contribution in [-0.4, -0.2) is 12.9 Å². The van der Waals surface area contributed by atoms with E-state index in [-0.39, 0.29) is 5.75 Å². The van der Waals surface area contributed by atoms with Gasteiger partial charge in [-0.2, -0.15) is 8.78 Å². The fourth-order valence-electron chi connectivity index (χ4n) is 0.941. The molecule has 0 saturated carbocycles. The van der Waals surface area contributed by atoms with E-state index >= 15 is 0 Å². The van der Waals surface area contributed by atoms with Crippen LogP contribution >= 0.6 is 15.9 Å². The van der Waals surface area contributed by atoms with Crippen LogP contribution in [0.4, 0.5) is 8.78 Å². The maximum atomic E-state index is 11.8. The standard InChI is InChI=1S/C9H7BrF2O2/c10-8(5-13)6-2-1-3-7(4-6)14-9(11)12/h1-5,8-9H. The molecule has 0 aliphatic heterocycles. The molecule has 0 fully saturated rings. The van der Waals surface area contributed by atoms with Crippen LogP contribution in [0.5, 0.6) is 5.75 Å². The predicted molar refractivity (Wildman–Crippen MR) is 50.8 cm³/mol. The van der Waals surface area contributed by atoms with Gasteiger partial charge in [0.2, 0.25) is 0 Å². The number of halogens is 3. The van der Waals surface area contributed by atoms with Gasteiger partial charge in [-0.05, 0) is 17.7 Å². The van der Waals surface area contributed by atoms with Crippen molar-refractivity contribution in [1.82, 2.24) is 0 Å². The van der Waals surface area contributed by atoms with Crippen molar-refractivity contribution in [2.75, 3.05) is 0 Å². The number of benzene rings is 1. The van der Waals surface area contributed by atoms with Crippen molar-refractivity contribution >= 4 is 22.2 Å². The average molecular weight is 265 g/mol. The number of aldehydes is 1. The first kappa shape index (κ1) is 11.1. The maximum Gasteiger partial charge on any atom is 0.387 e. The topological polar surface area (TPSA) is 26.3 Å². The third-order valence-corrected chi connectivity index (χ3v) is 2.27. The van der Waals surface area contributed by atoms with E-state index in [1.807, 2.05) is 0 Å². The number of hydrogen-bond donors (Lipinski definition) is 0. The van der Waals surface area contributed by atoms with Crippen molar-refractivity contribution in [1.29, 1.82) is 0 Å². The van der Waals surface area contributed by atoms with Crippen LogP contribution in [0.2, 0.25) is 0 Å². The van der Waals surface area contributed by atoms with Gasteiger partial charge >= 0.3 is 6.61 Å². The van der Waals surface area contributed by atoms with E-state index in [9.17, 15) is 13.6 Å². The van der Waals surface area contributed by atoms with E-state index in [0.717, 1.165) is 0 Å². The first-order chi connectivity index (χ1) is 6.63. The highest BCUT2D eigenvalue weighted by atomic mass is 79.9. The van der Waals surface area contributed by atoms with Gasteiger partial charge in [-0.3, -0.25) is 0 Å². The Morgan fingerprint density at radius 3 is 2.71 bits per heavy atom. The summed E-state index contributed by atoms with van der Waals surface area (Å²) in [6.45, 7) is -2.85. The molecule has 0 spiro atoms. The quantitative estimate of drug-likeness (QED) is 0.618. The van der Waals surface area contributed by atoms with Gasteiger partial charge in [-0.25, -0.2) is 0 Å². The van der Waals surface area contributed by atoms with Crippen LogP contribution in [0.3, 0.4) is 0 Å². The first-order valence-corrected chi connectivity index (χ1v) is 4.69. The normalized spacial score (nSPS) is 12.6. The Kier molecular flexibility index (Phi) is 4.00. The maximum absolute atomic E-state index is 11.8. The van der Waals surface area contributed by atoms with Crippen LogP contribution in [0.25, 0.3) is 0 Å². The lowest BCUT2D eigenvalue weighted by molar-refractivity contribution is -0.107. The van der Waals surface area contributed by atoms with Crippen molar-refractivity contribution in [3.8, 4) is 5.75 Å². The smallest absolute Gasteiger partial charge is 0.387 e. The summed E-state index contributed by atoms with van der Waals surface area (Å²) >= 11 is 3.07. The summed E-state index contributed by atoms with van der Waals surface area (Å²) < 4.78 is 27.8. The van der Waals surface area contributed by atoms with E-state index in [1.54, 1.807) is 12.1 Å². The highest BCUT2D eigenvalue weighted by Gasteiger charge is 2.08. The van der Waals surface area contributed by atoms with Crippen molar-refractivity contribution in [3.05, 3.63) is 29.8 Å². The van der Waals surface area contributed by atoms with Crippen LogP contribution < -0.4 is 4.74 Å². The summed E-state index contributed by atoms with van der Waals surface area (Å²) in [6, 6.07) is 5.98. The summed E-state index contributed by atoms with van der Waals surface area (Å²) in [5.41, 5.74) is 0.582. The molecule has 1 aromatic rings. The Hall–Kier alpha value is -0.970. The van der Waals surface area contributed by atoms with Gasteiger partial charge in [0, 0.05) is 0 Å². The number of hydrogen-bond acceptors (Lipinski definition) is 2. The Bertz CT molecular complexity index is 317. The van der Waals surface area contributed by atoms with Crippen LogP contribution in [-0.2, 0) is 4.79 Å². The second-order valence-electron chi connectivity index (χ2n) is 2.49. The number of rotatable bonds is 4. The molecule has 14 heavy (non-hydrogen) atoms. The lowest BCUT2D eigenvalue weighted by atomic mass is 10.1. The molecule has 1 aromatic carbocycles. The molecule has 1 atom stereocenters. The minimum atomic E-state index is -2.85. The second-order valence-corrected chi connectivity index (χ2v) is 3.48. The van der Waals surface area contributed by atoms with Crippen molar-refractivity contribution < 1.29 is 18.3 Å². The zero-order valence-corrected chi connectivity index (χ0v) is 8.58. The molecule has 1 rings (SSSR count). The zero-order valence-electron chi connectivity index (χ0n) is 6.99. The van der Waals surface area contributed by atoms with Gasteiger partial charge in [0.05, 0.1) is 4.83 Å². The summed E-state index contributed by atoms with van der Waals surface area (Å²) in [4.78, 5) is 9.91. The molecule has 0 aliphatic carbocycles. The van der Waals surface area contributed by atoms with Crippen molar-refractivity contribution in [2.45, 2.75) is 11.4 Å². The molecule has 76 valence electrons. The highest BCUT2D eigenvalue weighted by molar-refractivity contribution is 9.09. The van der Waals surface area contributed by atoms with Gasteiger partial charge in [0.25, 0.3) is 0 Å². The molecule has 0 aromatic heterocycles. The van der Waals surface area contributed by atoms with E-state index in [1.165, 1.54) is 12.1 Å². The molecular formula is C9H7BrF2O2. The molecule has 0 saturated heterocycles. The number of ether oxygens (including phenoxy) is 1. The third-order valence-electron chi connectivity index (χ3n) is 1.52. The van der Waals surface area contributed by atoms with Gasteiger partial charge in [0.1, 0.15) is 12.0 Å². The Balaban J connectivity index is 2.83. The number of carbonyl (C=O) groups excluding carboxylic acids is 1. The SMILES string of the molecule is O=CC(Br)c1cccc(OC(F)F)c1. The van der Waals surface area contributed by atoms with Crippen LogP contribution in [0.1, 0.15) is 10.4 Å². The molecule has 5 heteroatoms. The molecule has 0 heterocycles. The number of carbonyl (C=O) groups is 1.